The number of ketones is 1. The van der Waals surface area contributed by atoms with Gasteiger partial charge in [0.2, 0.25) is 0 Å². The fourth-order valence-corrected chi connectivity index (χ4v) is 4.48. The molecule has 0 spiro atoms. The highest BCUT2D eigenvalue weighted by Gasteiger charge is 2.44. The van der Waals surface area contributed by atoms with E-state index in [0.717, 1.165) is 32.1 Å². The van der Waals surface area contributed by atoms with Crippen LogP contribution in [0.2, 0.25) is 0 Å². The standard InChI is InChI=1S/C25H34BNO7/c1-3-19-21(22(23(26)33-19)34-20(29)13-12-16(2)28)32-15-9-5-4-8-14-27-24(30)17-10-6-7-11-18(17)25(27)31/h6-7,10-11,19,21-23H,3-5,8-9,12-15,26H2,1-2H3/t19-,21?,22+,23-/m1/s1. The number of amides is 2. The SMILES string of the molecule is B[C@@H]1O[C@H](CC)C(OCCCCCCN2C(=O)c3ccccc3C2=O)[C@@H]1OC(=O)CCC(C)=O. The third-order valence-electron chi connectivity index (χ3n) is 6.36. The van der Waals surface area contributed by atoms with Gasteiger partial charge in [0.25, 0.3) is 11.8 Å². The molecule has 1 aromatic rings. The van der Waals surface area contributed by atoms with Gasteiger partial charge in [-0.05, 0) is 38.3 Å². The van der Waals surface area contributed by atoms with Gasteiger partial charge in [0, 0.05) is 19.6 Å². The van der Waals surface area contributed by atoms with E-state index in [9.17, 15) is 19.2 Å². The first kappa shape index (κ1) is 26.1. The molecule has 3 rings (SSSR count). The van der Waals surface area contributed by atoms with Crippen LogP contribution in [-0.2, 0) is 23.8 Å². The lowest BCUT2D eigenvalue weighted by Gasteiger charge is -2.24. The van der Waals surface area contributed by atoms with Crippen molar-refractivity contribution in [2.45, 2.75) is 83.1 Å². The first-order chi connectivity index (χ1) is 16.3. The van der Waals surface area contributed by atoms with Crippen LogP contribution in [0.3, 0.4) is 0 Å². The van der Waals surface area contributed by atoms with Gasteiger partial charge in [-0.25, -0.2) is 0 Å². The minimum Gasteiger partial charge on any atom is -0.458 e. The zero-order valence-corrected chi connectivity index (χ0v) is 20.3. The molecule has 2 aliphatic rings. The van der Waals surface area contributed by atoms with Gasteiger partial charge in [0.05, 0.1) is 29.7 Å². The number of hydrogen-bond acceptors (Lipinski definition) is 7. The Morgan fingerprint density at radius 3 is 2.26 bits per heavy atom. The van der Waals surface area contributed by atoms with E-state index in [-0.39, 0.29) is 48.7 Å². The van der Waals surface area contributed by atoms with Crippen LogP contribution in [0, 0.1) is 0 Å². The molecule has 2 heterocycles. The summed E-state index contributed by atoms with van der Waals surface area (Å²) in [6.07, 6.45) is 3.33. The summed E-state index contributed by atoms with van der Waals surface area (Å²) in [6.45, 7) is 4.38. The summed E-state index contributed by atoms with van der Waals surface area (Å²) in [4.78, 5) is 49.4. The number of rotatable bonds is 13. The molecule has 1 unspecified atom stereocenters. The second-order valence-corrected chi connectivity index (χ2v) is 9.00. The third kappa shape index (κ3) is 6.33. The van der Waals surface area contributed by atoms with Crippen molar-refractivity contribution in [3.63, 3.8) is 0 Å². The van der Waals surface area contributed by atoms with Crippen molar-refractivity contribution in [3.8, 4) is 0 Å². The van der Waals surface area contributed by atoms with Crippen LogP contribution in [0.4, 0.5) is 0 Å². The molecule has 9 heteroatoms. The Kier molecular flexibility index (Phi) is 9.41. The lowest BCUT2D eigenvalue weighted by atomic mass is 9.92. The Morgan fingerprint density at radius 1 is 1.00 bits per heavy atom. The van der Waals surface area contributed by atoms with Gasteiger partial charge in [0.1, 0.15) is 25.8 Å². The maximum atomic E-state index is 12.4. The second-order valence-electron chi connectivity index (χ2n) is 9.00. The topological polar surface area (TPSA) is 99.2 Å². The van der Waals surface area contributed by atoms with Crippen LogP contribution in [0.1, 0.15) is 79.5 Å². The quantitative estimate of drug-likeness (QED) is 0.188. The number of unbranched alkanes of at least 4 members (excludes halogenated alkanes) is 3. The number of carbonyl (C=O) groups is 4. The first-order valence-corrected chi connectivity index (χ1v) is 12.2. The molecule has 0 aliphatic carbocycles. The summed E-state index contributed by atoms with van der Waals surface area (Å²) in [5.41, 5.74) is 0.965. The van der Waals surface area contributed by atoms with Gasteiger partial charge >= 0.3 is 5.97 Å². The van der Waals surface area contributed by atoms with Crippen LogP contribution in [0.25, 0.3) is 0 Å². The summed E-state index contributed by atoms with van der Waals surface area (Å²) < 4.78 is 17.6. The van der Waals surface area contributed by atoms with Crippen molar-refractivity contribution in [2.24, 2.45) is 0 Å². The van der Waals surface area contributed by atoms with Crippen molar-refractivity contribution in [2.75, 3.05) is 13.2 Å². The monoisotopic (exact) mass is 471 g/mol. The zero-order chi connectivity index (χ0) is 24.7. The minimum absolute atomic E-state index is 0.0464. The number of esters is 1. The lowest BCUT2D eigenvalue weighted by molar-refractivity contribution is -0.156. The summed E-state index contributed by atoms with van der Waals surface area (Å²) in [7, 11) is 1.87. The van der Waals surface area contributed by atoms with E-state index < -0.39 is 12.1 Å². The highest BCUT2D eigenvalue weighted by molar-refractivity contribution is 6.21. The zero-order valence-electron chi connectivity index (χ0n) is 20.3. The molecule has 1 fully saturated rings. The predicted molar refractivity (Wildman–Crippen MR) is 127 cm³/mol. The van der Waals surface area contributed by atoms with Crippen LogP contribution >= 0.6 is 0 Å². The average molecular weight is 471 g/mol. The molecule has 2 amide bonds. The molecule has 0 aromatic heterocycles. The van der Waals surface area contributed by atoms with E-state index in [2.05, 4.69) is 0 Å². The molecule has 4 atom stereocenters. The van der Waals surface area contributed by atoms with E-state index in [1.807, 2.05) is 14.8 Å². The fraction of sp³-hybridized carbons (Fsp3) is 0.600. The molecule has 0 N–H and O–H groups in total. The number of ether oxygens (including phenoxy) is 3. The maximum Gasteiger partial charge on any atom is 0.306 e. The van der Waals surface area contributed by atoms with Crippen LogP contribution in [0.15, 0.2) is 24.3 Å². The average Bonchev–Trinajstić information content (AvgIpc) is 3.25. The van der Waals surface area contributed by atoms with Crippen molar-refractivity contribution in [1.82, 2.24) is 4.90 Å². The molecule has 8 nitrogen and oxygen atoms in total. The molecular weight excluding hydrogens is 437 g/mol. The van der Waals surface area contributed by atoms with Gasteiger partial charge in [-0.3, -0.25) is 19.3 Å². The predicted octanol–water partition coefficient (Wildman–Crippen LogP) is 2.28. The minimum atomic E-state index is -0.488. The Bertz CT molecular complexity index is 870. The van der Waals surface area contributed by atoms with Crippen LogP contribution in [0.5, 0.6) is 0 Å². The smallest absolute Gasteiger partial charge is 0.306 e. The molecular formula is C25H34BNO7. The van der Waals surface area contributed by atoms with E-state index in [0.29, 0.717) is 24.3 Å². The molecule has 2 aliphatic heterocycles. The van der Waals surface area contributed by atoms with Crippen molar-refractivity contribution < 1.29 is 33.4 Å². The summed E-state index contributed by atoms with van der Waals surface area (Å²) >= 11 is 0. The van der Waals surface area contributed by atoms with Gasteiger partial charge in [-0.1, -0.05) is 31.9 Å². The highest BCUT2D eigenvalue weighted by atomic mass is 16.6. The third-order valence-corrected chi connectivity index (χ3v) is 6.36. The molecule has 0 saturated carbocycles. The molecule has 1 saturated heterocycles. The van der Waals surface area contributed by atoms with E-state index in [4.69, 9.17) is 14.2 Å². The van der Waals surface area contributed by atoms with Gasteiger partial charge in [-0.15, -0.1) is 0 Å². The molecule has 184 valence electrons. The van der Waals surface area contributed by atoms with Gasteiger partial charge < -0.3 is 19.0 Å². The Morgan fingerprint density at radius 2 is 1.65 bits per heavy atom. The second kappa shape index (κ2) is 12.3. The number of nitrogens with zero attached hydrogens (tertiary/aromatic N) is 1. The Balaban J connectivity index is 1.37. The Hall–Kier alpha value is -2.52. The van der Waals surface area contributed by atoms with E-state index in [1.165, 1.54) is 11.8 Å². The van der Waals surface area contributed by atoms with E-state index in [1.54, 1.807) is 24.3 Å². The Labute approximate surface area is 201 Å². The van der Waals surface area contributed by atoms with Crippen LogP contribution < -0.4 is 0 Å². The maximum absolute atomic E-state index is 12.4. The molecule has 1 aromatic carbocycles. The highest BCUT2D eigenvalue weighted by Crippen LogP contribution is 2.28. The number of Topliss-reactive ketones (excluding diaryl/α,β-unsaturated/α-hetero) is 1. The number of carbonyl (C=O) groups excluding carboxylic acids is 4. The van der Waals surface area contributed by atoms with E-state index >= 15 is 0 Å². The fourth-order valence-electron chi connectivity index (χ4n) is 4.48. The van der Waals surface area contributed by atoms with Crippen LogP contribution in [-0.4, -0.2) is 73.8 Å². The number of imide groups is 1. The number of benzene rings is 1. The normalized spacial score (nSPS) is 23.9. The number of fused-ring (bicyclic) bond motifs is 1. The number of hydrogen-bond donors (Lipinski definition) is 0. The molecule has 34 heavy (non-hydrogen) atoms. The van der Waals surface area contributed by atoms with Gasteiger partial charge in [0.15, 0.2) is 0 Å². The molecule has 0 bridgehead atoms. The summed E-state index contributed by atoms with van der Waals surface area (Å²) in [5, 5.41) is 0. The summed E-state index contributed by atoms with van der Waals surface area (Å²) in [6, 6.07) is 6.65. The van der Waals surface area contributed by atoms with Crippen molar-refractivity contribution in [1.29, 1.82) is 0 Å². The molecule has 0 radical (unpaired) electrons. The largest absolute Gasteiger partial charge is 0.458 e. The van der Waals surface area contributed by atoms with Crippen molar-refractivity contribution >= 4 is 31.4 Å². The first-order valence-electron chi connectivity index (χ1n) is 12.2. The summed E-state index contributed by atoms with van der Waals surface area (Å²) in [5.74, 6) is -0.883. The van der Waals surface area contributed by atoms with Crippen molar-refractivity contribution in [3.05, 3.63) is 35.4 Å². The lowest BCUT2D eigenvalue weighted by Crippen LogP contribution is -2.39. The van der Waals surface area contributed by atoms with Gasteiger partial charge in [-0.2, -0.15) is 0 Å².